The van der Waals surface area contributed by atoms with Gasteiger partial charge in [-0.05, 0) is 44.5 Å². The normalized spacial score (nSPS) is 21.1. The van der Waals surface area contributed by atoms with Crippen LogP contribution in [0.1, 0.15) is 20.3 Å². The number of nitrogens with zero attached hydrogens (tertiary/aromatic N) is 1. The largest absolute Gasteiger partial charge is 0.385 e. The Kier molecular flexibility index (Phi) is 6.67. The van der Waals surface area contributed by atoms with Crippen LogP contribution in [0, 0.1) is 0 Å². The number of amides is 2. The van der Waals surface area contributed by atoms with E-state index in [1.165, 1.54) is 0 Å². The average Bonchev–Trinajstić information content (AvgIpc) is 2.51. The maximum Gasteiger partial charge on any atom is 0.319 e. The van der Waals surface area contributed by atoms with E-state index in [1.807, 2.05) is 24.3 Å². The number of rotatable bonds is 6. The molecule has 1 heterocycles. The first-order chi connectivity index (χ1) is 11.1. The van der Waals surface area contributed by atoms with E-state index >= 15 is 0 Å². The van der Waals surface area contributed by atoms with Gasteiger partial charge in [-0.15, -0.1) is 0 Å². The number of ether oxygens (including phenoxy) is 2. The van der Waals surface area contributed by atoms with Crippen LogP contribution < -0.4 is 15.5 Å². The Morgan fingerprint density at radius 3 is 2.52 bits per heavy atom. The topological polar surface area (TPSA) is 62.8 Å². The molecule has 2 rings (SSSR count). The molecule has 2 atom stereocenters. The molecule has 0 bridgehead atoms. The molecule has 0 unspecified atom stereocenters. The molecule has 2 N–H and O–H groups in total. The van der Waals surface area contributed by atoms with Gasteiger partial charge in [0.2, 0.25) is 0 Å². The fourth-order valence-corrected chi connectivity index (χ4v) is 2.74. The number of nitrogens with one attached hydrogen (secondary N) is 2. The second-order valence-electron chi connectivity index (χ2n) is 5.94. The van der Waals surface area contributed by atoms with Gasteiger partial charge in [-0.1, -0.05) is 0 Å². The summed E-state index contributed by atoms with van der Waals surface area (Å²) in [5.41, 5.74) is 1.94. The van der Waals surface area contributed by atoms with Gasteiger partial charge in [-0.25, -0.2) is 4.79 Å². The Morgan fingerprint density at radius 1 is 1.26 bits per heavy atom. The molecule has 1 aromatic rings. The van der Waals surface area contributed by atoms with Crippen molar-refractivity contribution in [3.05, 3.63) is 24.3 Å². The van der Waals surface area contributed by atoms with E-state index in [-0.39, 0.29) is 18.2 Å². The van der Waals surface area contributed by atoms with Crippen LogP contribution in [0.3, 0.4) is 0 Å². The zero-order valence-electron chi connectivity index (χ0n) is 14.2. The molecular formula is C17H27N3O3. The van der Waals surface area contributed by atoms with E-state index in [9.17, 15) is 4.79 Å². The number of urea groups is 1. The van der Waals surface area contributed by atoms with Crippen molar-refractivity contribution in [2.75, 3.05) is 43.6 Å². The summed E-state index contributed by atoms with van der Waals surface area (Å²) >= 11 is 0. The van der Waals surface area contributed by atoms with Crippen molar-refractivity contribution in [1.29, 1.82) is 0 Å². The summed E-state index contributed by atoms with van der Waals surface area (Å²) in [4.78, 5) is 14.1. The van der Waals surface area contributed by atoms with Crippen molar-refractivity contribution in [2.45, 2.75) is 32.5 Å². The van der Waals surface area contributed by atoms with Crippen molar-refractivity contribution in [3.63, 3.8) is 0 Å². The third kappa shape index (κ3) is 5.73. The van der Waals surface area contributed by atoms with Gasteiger partial charge in [0.15, 0.2) is 0 Å². The van der Waals surface area contributed by atoms with E-state index in [2.05, 4.69) is 29.4 Å². The molecule has 6 heteroatoms. The van der Waals surface area contributed by atoms with Crippen LogP contribution in [-0.4, -0.2) is 51.6 Å². The maximum absolute atomic E-state index is 11.8. The second kappa shape index (κ2) is 8.74. The first kappa shape index (κ1) is 17.6. The zero-order valence-corrected chi connectivity index (χ0v) is 14.2. The number of benzene rings is 1. The number of methoxy groups -OCH3 is 1. The highest BCUT2D eigenvalue weighted by molar-refractivity contribution is 5.89. The Hall–Kier alpha value is -1.79. The highest BCUT2D eigenvalue weighted by Gasteiger charge is 2.22. The minimum Gasteiger partial charge on any atom is -0.385 e. The van der Waals surface area contributed by atoms with Gasteiger partial charge in [0.1, 0.15) is 0 Å². The van der Waals surface area contributed by atoms with Crippen LogP contribution in [0.15, 0.2) is 24.3 Å². The molecule has 0 aromatic heterocycles. The van der Waals surface area contributed by atoms with Crippen LogP contribution in [0.25, 0.3) is 0 Å². The molecule has 0 radical (unpaired) electrons. The lowest BCUT2D eigenvalue weighted by Gasteiger charge is -2.36. The summed E-state index contributed by atoms with van der Waals surface area (Å²) in [6.07, 6.45) is 1.26. The molecule has 1 aliphatic rings. The molecule has 23 heavy (non-hydrogen) atoms. The van der Waals surface area contributed by atoms with Crippen LogP contribution in [0.2, 0.25) is 0 Å². The van der Waals surface area contributed by atoms with Crippen molar-refractivity contribution in [2.24, 2.45) is 0 Å². The molecule has 1 saturated heterocycles. The smallest absolute Gasteiger partial charge is 0.319 e. The van der Waals surface area contributed by atoms with Crippen LogP contribution in [0.5, 0.6) is 0 Å². The van der Waals surface area contributed by atoms with Crippen LogP contribution >= 0.6 is 0 Å². The number of carbonyl (C=O) groups is 1. The Balaban J connectivity index is 1.83. The molecule has 1 fully saturated rings. The molecule has 0 saturated carbocycles. The standard InChI is InChI=1S/C17H27N3O3/c1-13-11-20(12-14(2)23-13)16-7-5-15(6-8-16)19-17(21)18-9-4-10-22-3/h5-8,13-14H,4,9-12H2,1-3H3,(H2,18,19,21)/t13-,14+. The fraction of sp³-hybridized carbons (Fsp3) is 0.588. The van der Waals surface area contributed by atoms with Gasteiger partial charge in [-0.3, -0.25) is 0 Å². The Morgan fingerprint density at radius 2 is 1.91 bits per heavy atom. The number of hydrogen-bond acceptors (Lipinski definition) is 4. The summed E-state index contributed by atoms with van der Waals surface area (Å²) in [5.74, 6) is 0. The highest BCUT2D eigenvalue weighted by Crippen LogP contribution is 2.22. The lowest BCUT2D eigenvalue weighted by atomic mass is 10.2. The maximum atomic E-state index is 11.8. The van der Waals surface area contributed by atoms with Gasteiger partial charge < -0.3 is 25.0 Å². The minimum atomic E-state index is -0.192. The van der Waals surface area contributed by atoms with Crippen LogP contribution in [-0.2, 0) is 9.47 Å². The predicted molar refractivity (Wildman–Crippen MR) is 92.2 cm³/mol. The quantitative estimate of drug-likeness (QED) is 0.790. The van der Waals surface area contributed by atoms with E-state index in [1.54, 1.807) is 7.11 Å². The number of morpholine rings is 1. The van der Waals surface area contributed by atoms with Crippen molar-refractivity contribution < 1.29 is 14.3 Å². The lowest BCUT2D eigenvalue weighted by molar-refractivity contribution is -0.00521. The summed E-state index contributed by atoms with van der Waals surface area (Å²) in [7, 11) is 1.65. The predicted octanol–water partition coefficient (Wildman–Crippen LogP) is 2.46. The zero-order chi connectivity index (χ0) is 16.7. The third-order valence-corrected chi connectivity index (χ3v) is 3.72. The molecule has 0 spiro atoms. The van der Waals surface area contributed by atoms with Crippen molar-refractivity contribution >= 4 is 17.4 Å². The molecular weight excluding hydrogens is 294 g/mol. The van der Waals surface area contributed by atoms with Gasteiger partial charge in [0.25, 0.3) is 0 Å². The van der Waals surface area contributed by atoms with E-state index in [4.69, 9.17) is 9.47 Å². The van der Waals surface area contributed by atoms with E-state index in [0.29, 0.717) is 13.2 Å². The molecule has 0 aliphatic carbocycles. The first-order valence-electron chi connectivity index (χ1n) is 8.12. The molecule has 1 aromatic carbocycles. The minimum absolute atomic E-state index is 0.192. The first-order valence-corrected chi connectivity index (χ1v) is 8.12. The lowest BCUT2D eigenvalue weighted by Crippen LogP contribution is -2.45. The van der Waals surface area contributed by atoms with Crippen LogP contribution in [0.4, 0.5) is 16.2 Å². The SMILES string of the molecule is COCCCNC(=O)Nc1ccc(N2C[C@@H](C)O[C@@H](C)C2)cc1. The molecule has 6 nitrogen and oxygen atoms in total. The fourth-order valence-electron chi connectivity index (χ4n) is 2.74. The van der Waals surface area contributed by atoms with Gasteiger partial charge in [0, 0.05) is 44.7 Å². The number of carbonyl (C=O) groups excluding carboxylic acids is 1. The summed E-state index contributed by atoms with van der Waals surface area (Å²) in [6, 6.07) is 7.72. The monoisotopic (exact) mass is 321 g/mol. The van der Waals surface area contributed by atoms with Crippen molar-refractivity contribution in [1.82, 2.24) is 5.32 Å². The highest BCUT2D eigenvalue weighted by atomic mass is 16.5. The molecule has 2 amide bonds. The average molecular weight is 321 g/mol. The molecule has 1 aliphatic heterocycles. The molecule has 128 valence electrons. The third-order valence-electron chi connectivity index (χ3n) is 3.72. The van der Waals surface area contributed by atoms with Crippen molar-refractivity contribution in [3.8, 4) is 0 Å². The number of hydrogen-bond donors (Lipinski definition) is 2. The van der Waals surface area contributed by atoms with Gasteiger partial charge in [-0.2, -0.15) is 0 Å². The van der Waals surface area contributed by atoms with Gasteiger partial charge in [0.05, 0.1) is 12.2 Å². The Bertz CT molecular complexity index is 482. The second-order valence-corrected chi connectivity index (χ2v) is 5.94. The van der Waals surface area contributed by atoms with Gasteiger partial charge >= 0.3 is 6.03 Å². The Labute approximate surface area is 138 Å². The summed E-state index contributed by atoms with van der Waals surface area (Å²) in [6.45, 7) is 7.19. The van der Waals surface area contributed by atoms with E-state index in [0.717, 1.165) is 30.9 Å². The van der Waals surface area contributed by atoms with E-state index < -0.39 is 0 Å². The number of anilines is 2. The summed E-state index contributed by atoms with van der Waals surface area (Å²) in [5, 5.41) is 5.63. The summed E-state index contributed by atoms with van der Waals surface area (Å²) < 4.78 is 10.7.